The highest BCUT2D eigenvalue weighted by Crippen LogP contribution is 2.61. The van der Waals surface area contributed by atoms with Crippen molar-refractivity contribution in [3.8, 4) is 5.75 Å². The molecular formula is C20H26N2O2. The molecule has 1 N–H and O–H groups in total. The van der Waals surface area contributed by atoms with Crippen LogP contribution in [0.5, 0.6) is 5.75 Å². The maximum Gasteiger partial charge on any atom is 0.240 e. The fourth-order valence-corrected chi connectivity index (χ4v) is 5.76. The van der Waals surface area contributed by atoms with Crippen LogP contribution in [0.15, 0.2) is 29.4 Å². The van der Waals surface area contributed by atoms with Crippen LogP contribution in [-0.2, 0) is 4.79 Å². The molecule has 4 aliphatic rings. The van der Waals surface area contributed by atoms with E-state index >= 15 is 0 Å². The SMILES string of the molecule is COc1ccc(/C=N/NC(=O)CC23CC4CC(CC(C4)C2)C3)cc1. The van der Waals surface area contributed by atoms with Crippen LogP contribution in [0.25, 0.3) is 0 Å². The normalized spacial score (nSPS) is 33.8. The first-order valence-corrected chi connectivity index (χ1v) is 9.10. The average molecular weight is 326 g/mol. The number of hydrazone groups is 1. The third kappa shape index (κ3) is 3.19. The van der Waals surface area contributed by atoms with Gasteiger partial charge in [0.25, 0.3) is 0 Å². The first-order valence-electron chi connectivity index (χ1n) is 9.10. The fraction of sp³-hybridized carbons (Fsp3) is 0.600. The van der Waals surface area contributed by atoms with E-state index in [-0.39, 0.29) is 11.3 Å². The van der Waals surface area contributed by atoms with Gasteiger partial charge in [0.15, 0.2) is 0 Å². The molecule has 4 aliphatic carbocycles. The van der Waals surface area contributed by atoms with Crippen molar-refractivity contribution in [3.63, 3.8) is 0 Å². The Balaban J connectivity index is 1.32. The number of carbonyl (C=O) groups is 1. The van der Waals surface area contributed by atoms with Crippen LogP contribution in [0.2, 0.25) is 0 Å². The van der Waals surface area contributed by atoms with Gasteiger partial charge in [0, 0.05) is 6.42 Å². The summed E-state index contributed by atoms with van der Waals surface area (Å²) in [5.41, 5.74) is 3.96. The van der Waals surface area contributed by atoms with Gasteiger partial charge in [-0.1, -0.05) is 0 Å². The number of nitrogens with one attached hydrogen (secondary N) is 1. The summed E-state index contributed by atoms with van der Waals surface area (Å²) in [7, 11) is 1.65. The standard InChI is InChI=1S/C20H26N2O2/c1-24-18-4-2-14(3-5-18)13-21-22-19(23)12-20-9-15-6-16(10-20)8-17(7-15)11-20/h2-5,13,15-17H,6-12H2,1H3,(H,22,23)/b21-13+. The van der Waals surface area contributed by atoms with E-state index in [1.807, 2.05) is 24.3 Å². The maximum atomic E-state index is 12.4. The van der Waals surface area contributed by atoms with Gasteiger partial charge >= 0.3 is 0 Å². The zero-order valence-electron chi connectivity index (χ0n) is 14.3. The predicted octanol–water partition coefficient (Wildman–Crippen LogP) is 3.75. The lowest BCUT2D eigenvalue weighted by Crippen LogP contribution is -2.47. The van der Waals surface area contributed by atoms with E-state index in [4.69, 9.17) is 4.74 Å². The van der Waals surface area contributed by atoms with E-state index in [0.29, 0.717) is 6.42 Å². The van der Waals surface area contributed by atoms with Gasteiger partial charge < -0.3 is 4.74 Å². The van der Waals surface area contributed by atoms with Crippen molar-refractivity contribution in [2.45, 2.75) is 44.9 Å². The number of nitrogens with zero attached hydrogens (tertiary/aromatic N) is 1. The van der Waals surface area contributed by atoms with Gasteiger partial charge in [-0.05, 0) is 91.5 Å². The first kappa shape index (κ1) is 15.7. The van der Waals surface area contributed by atoms with E-state index in [1.54, 1.807) is 13.3 Å². The highest BCUT2D eigenvalue weighted by Gasteiger charge is 2.51. The van der Waals surface area contributed by atoms with Gasteiger partial charge in [-0.3, -0.25) is 4.79 Å². The van der Waals surface area contributed by atoms with Crippen LogP contribution < -0.4 is 10.2 Å². The zero-order chi connectivity index (χ0) is 16.6. The number of rotatable bonds is 5. The summed E-state index contributed by atoms with van der Waals surface area (Å²) in [5.74, 6) is 3.53. The molecule has 0 radical (unpaired) electrons. The number of benzene rings is 1. The molecule has 0 aromatic heterocycles. The number of carbonyl (C=O) groups excluding carboxylic acids is 1. The van der Waals surface area contributed by atoms with E-state index in [2.05, 4.69) is 10.5 Å². The van der Waals surface area contributed by atoms with Crippen LogP contribution >= 0.6 is 0 Å². The molecule has 4 fully saturated rings. The first-order chi connectivity index (χ1) is 11.6. The molecule has 128 valence electrons. The smallest absolute Gasteiger partial charge is 0.240 e. The molecule has 5 rings (SSSR count). The molecule has 24 heavy (non-hydrogen) atoms. The number of hydrogen-bond acceptors (Lipinski definition) is 3. The molecule has 0 atom stereocenters. The van der Waals surface area contributed by atoms with Crippen LogP contribution in [0.1, 0.15) is 50.5 Å². The lowest BCUT2D eigenvalue weighted by atomic mass is 9.49. The van der Waals surface area contributed by atoms with Crippen LogP contribution in [0.4, 0.5) is 0 Å². The summed E-state index contributed by atoms with van der Waals surface area (Å²) in [5, 5.41) is 4.13. The van der Waals surface area contributed by atoms with Crippen molar-refractivity contribution in [3.05, 3.63) is 29.8 Å². The van der Waals surface area contributed by atoms with Crippen molar-refractivity contribution < 1.29 is 9.53 Å². The van der Waals surface area contributed by atoms with Gasteiger partial charge in [0.2, 0.25) is 5.91 Å². The summed E-state index contributed by atoms with van der Waals surface area (Å²) in [4.78, 5) is 12.4. The molecule has 4 saturated carbocycles. The molecule has 0 spiro atoms. The van der Waals surface area contributed by atoms with E-state index in [9.17, 15) is 4.79 Å². The lowest BCUT2D eigenvalue weighted by molar-refractivity contribution is -0.129. The Labute approximate surface area is 143 Å². The average Bonchev–Trinajstić information content (AvgIpc) is 2.53. The van der Waals surface area contributed by atoms with Gasteiger partial charge in [-0.2, -0.15) is 5.10 Å². The number of methoxy groups -OCH3 is 1. The van der Waals surface area contributed by atoms with Crippen LogP contribution in [0.3, 0.4) is 0 Å². The Kier molecular flexibility index (Phi) is 4.07. The highest BCUT2D eigenvalue weighted by atomic mass is 16.5. The Morgan fingerprint density at radius 3 is 2.29 bits per heavy atom. The van der Waals surface area contributed by atoms with Crippen molar-refractivity contribution >= 4 is 12.1 Å². The van der Waals surface area contributed by atoms with Gasteiger partial charge in [-0.15, -0.1) is 0 Å². The predicted molar refractivity (Wildman–Crippen MR) is 94.0 cm³/mol. The molecule has 1 aromatic carbocycles. The molecule has 4 heteroatoms. The van der Waals surface area contributed by atoms with Gasteiger partial charge in [0.1, 0.15) is 5.75 Å². The van der Waals surface area contributed by atoms with E-state index in [1.165, 1.54) is 38.5 Å². The van der Waals surface area contributed by atoms with Crippen molar-refractivity contribution in [1.29, 1.82) is 0 Å². The van der Waals surface area contributed by atoms with E-state index in [0.717, 1.165) is 29.1 Å². The molecule has 1 aromatic rings. The second-order valence-corrected chi connectivity index (χ2v) is 8.16. The van der Waals surface area contributed by atoms with E-state index < -0.39 is 0 Å². The number of ether oxygens (including phenoxy) is 1. The van der Waals surface area contributed by atoms with Gasteiger partial charge in [-0.25, -0.2) is 5.43 Å². The number of amides is 1. The van der Waals surface area contributed by atoms with Crippen LogP contribution in [0, 0.1) is 23.2 Å². The van der Waals surface area contributed by atoms with Gasteiger partial charge in [0.05, 0.1) is 13.3 Å². The summed E-state index contributed by atoms with van der Waals surface area (Å²) in [6.07, 6.45) is 10.4. The maximum absolute atomic E-state index is 12.4. The zero-order valence-corrected chi connectivity index (χ0v) is 14.3. The third-order valence-electron chi connectivity index (χ3n) is 6.22. The molecule has 0 heterocycles. The third-order valence-corrected chi connectivity index (χ3v) is 6.22. The summed E-state index contributed by atoms with van der Waals surface area (Å²) in [6, 6.07) is 7.62. The minimum absolute atomic E-state index is 0.0710. The minimum Gasteiger partial charge on any atom is -0.497 e. The Hall–Kier alpha value is -1.84. The van der Waals surface area contributed by atoms with Crippen molar-refractivity contribution in [2.75, 3.05) is 7.11 Å². The fourth-order valence-electron chi connectivity index (χ4n) is 5.76. The van der Waals surface area contributed by atoms with Crippen molar-refractivity contribution in [2.24, 2.45) is 28.3 Å². The minimum atomic E-state index is 0.0710. The van der Waals surface area contributed by atoms with Crippen LogP contribution in [-0.4, -0.2) is 19.2 Å². The molecule has 0 aliphatic heterocycles. The van der Waals surface area contributed by atoms with Crippen molar-refractivity contribution in [1.82, 2.24) is 5.43 Å². The quantitative estimate of drug-likeness (QED) is 0.662. The molecule has 0 saturated heterocycles. The summed E-state index contributed by atoms with van der Waals surface area (Å²) < 4.78 is 5.13. The second-order valence-electron chi connectivity index (χ2n) is 8.16. The monoisotopic (exact) mass is 326 g/mol. The summed E-state index contributed by atoms with van der Waals surface area (Å²) >= 11 is 0. The Morgan fingerprint density at radius 2 is 1.75 bits per heavy atom. The molecule has 4 bridgehead atoms. The molecular weight excluding hydrogens is 300 g/mol. The second kappa shape index (κ2) is 6.23. The highest BCUT2D eigenvalue weighted by molar-refractivity contribution is 5.82. The molecule has 4 nitrogen and oxygen atoms in total. The number of hydrogen-bond donors (Lipinski definition) is 1. The molecule has 1 amide bonds. The largest absolute Gasteiger partial charge is 0.497 e. The lowest BCUT2D eigenvalue weighted by Gasteiger charge is -2.56. The topological polar surface area (TPSA) is 50.7 Å². The Morgan fingerprint density at radius 1 is 1.17 bits per heavy atom. The molecule has 0 unspecified atom stereocenters. The Bertz CT molecular complexity index is 600. The summed E-state index contributed by atoms with van der Waals surface area (Å²) in [6.45, 7) is 0.